The number of halogens is 1. The normalized spacial score (nSPS) is 21.0. The highest BCUT2D eigenvalue weighted by atomic mass is 79.9. The summed E-state index contributed by atoms with van der Waals surface area (Å²) in [6, 6.07) is 4.48. The van der Waals surface area contributed by atoms with Crippen molar-refractivity contribution in [3.05, 3.63) is 68.1 Å². The van der Waals surface area contributed by atoms with Crippen LogP contribution in [0.2, 0.25) is 0 Å². The van der Waals surface area contributed by atoms with E-state index in [9.17, 15) is 19.2 Å². The van der Waals surface area contributed by atoms with Gasteiger partial charge in [-0.3, -0.25) is 23.9 Å². The Morgan fingerprint density at radius 2 is 1.81 bits per heavy atom. The molecule has 2 fully saturated rings. The van der Waals surface area contributed by atoms with Crippen molar-refractivity contribution in [1.82, 2.24) is 29.6 Å². The number of aryl methyl sites for hydroxylation is 2. The van der Waals surface area contributed by atoms with Crippen LogP contribution in [0, 0.1) is 26.2 Å². The summed E-state index contributed by atoms with van der Waals surface area (Å²) in [5.41, 5.74) is 3.48. The standard InChI is InChI=1S/C30H30BrN7O4/c1-14-6-18(19-11-32-17(4)33-12-19)7-20-26(16(3)39)36-37(27(14)20)13-25(41)38-21(9-30(5)10-23(30)38)29(42)35-28-15(2)22(40)8-24(31)34-28/h6-8,11-12,21,23H,9-10,13H2,1-5H3,(H2,34,35,40,42)/t21-,23+,30-/m0/s1. The van der Waals surface area contributed by atoms with Crippen LogP contribution >= 0.6 is 15.9 Å². The van der Waals surface area contributed by atoms with Crippen molar-refractivity contribution < 1.29 is 14.4 Å². The van der Waals surface area contributed by atoms with Crippen LogP contribution in [-0.2, 0) is 16.1 Å². The third-order valence-electron chi connectivity index (χ3n) is 8.49. The molecule has 3 atom stereocenters. The van der Waals surface area contributed by atoms with Gasteiger partial charge in [0.2, 0.25) is 11.8 Å². The van der Waals surface area contributed by atoms with Crippen molar-refractivity contribution in [2.75, 3.05) is 5.32 Å². The van der Waals surface area contributed by atoms with Gasteiger partial charge in [-0.05, 0) is 78.2 Å². The van der Waals surface area contributed by atoms with E-state index in [2.05, 4.69) is 48.2 Å². The molecule has 1 saturated carbocycles. The van der Waals surface area contributed by atoms with Gasteiger partial charge in [-0.2, -0.15) is 5.10 Å². The maximum Gasteiger partial charge on any atom is 0.248 e. The van der Waals surface area contributed by atoms with Gasteiger partial charge in [-0.15, -0.1) is 0 Å². The number of amides is 2. The number of carbonyl (C=O) groups excluding carboxylic acids is 3. The number of H-pyrrole nitrogens is 1. The minimum Gasteiger partial charge on any atom is -0.336 e. The number of hydrogen-bond acceptors (Lipinski definition) is 7. The van der Waals surface area contributed by atoms with Crippen molar-refractivity contribution in [2.45, 2.75) is 66.1 Å². The van der Waals surface area contributed by atoms with Crippen LogP contribution in [0.25, 0.3) is 22.0 Å². The number of likely N-dealkylation sites (tertiary alicyclic amines) is 1. The first-order valence-electron chi connectivity index (χ1n) is 13.7. The predicted molar refractivity (Wildman–Crippen MR) is 160 cm³/mol. The van der Waals surface area contributed by atoms with E-state index in [-0.39, 0.29) is 46.7 Å². The second kappa shape index (κ2) is 9.97. The van der Waals surface area contributed by atoms with Crippen LogP contribution in [0.5, 0.6) is 0 Å². The molecule has 0 spiro atoms. The number of nitrogens with zero attached hydrogens (tertiary/aromatic N) is 5. The van der Waals surface area contributed by atoms with Gasteiger partial charge in [-0.25, -0.2) is 9.97 Å². The fourth-order valence-corrected chi connectivity index (χ4v) is 6.51. The highest BCUT2D eigenvalue weighted by Crippen LogP contribution is 2.59. The Labute approximate surface area is 249 Å². The van der Waals surface area contributed by atoms with Gasteiger partial charge in [-0.1, -0.05) is 6.92 Å². The van der Waals surface area contributed by atoms with Gasteiger partial charge < -0.3 is 15.2 Å². The van der Waals surface area contributed by atoms with Crippen LogP contribution in [-0.4, -0.2) is 59.3 Å². The molecule has 42 heavy (non-hydrogen) atoms. The molecule has 216 valence electrons. The first-order chi connectivity index (χ1) is 19.9. The summed E-state index contributed by atoms with van der Waals surface area (Å²) in [4.78, 5) is 65.5. The largest absolute Gasteiger partial charge is 0.336 e. The number of nitrogens with one attached hydrogen (secondary N) is 2. The molecule has 12 heteroatoms. The summed E-state index contributed by atoms with van der Waals surface area (Å²) >= 11 is 3.26. The van der Waals surface area contributed by atoms with Gasteiger partial charge in [0.15, 0.2) is 11.2 Å². The fourth-order valence-electron chi connectivity index (χ4n) is 6.11. The number of anilines is 1. The van der Waals surface area contributed by atoms with Crippen LogP contribution in [0.1, 0.15) is 54.1 Å². The zero-order chi connectivity index (χ0) is 30.1. The lowest BCUT2D eigenvalue weighted by molar-refractivity contribution is -0.138. The Morgan fingerprint density at radius 3 is 2.50 bits per heavy atom. The van der Waals surface area contributed by atoms with Crippen molar-refractivity contribution in [2.24, 2.45) is 5.41 Å². The molecule has 4 aromatic rings. The molecule has 1 aromatic carbocycles. The van der Waals surface area contributed by atoms with E-state index in [0.717, 1.165) is 23.1 Å². The number of hydrogen-bond donors (Lipinski definition) is 2. The number of piperidine rings is 1. The van der Waals surface area contributed by atoms with Crippen molar-refractivity contribution in [3.8, 4) is 11.1 Å². The number of ketones is 1. The number of pyridine rings is 1. The number of aromatic amines is 1. The third kappa shape index (κ3) is 4.73. The quantitative estimate of drug-likeness (QED) is 0.241. The van der Waals surface area contributed by atoms with Crippen molar-refractivity contribution in [3.63, 3.8) is 0 Å². The van der Waals surface area contributed by atoms with Crippen LogP contribution in [0.4, 0.5) is 5.82 Å². The average Bonchev–Trinajstić information content (AvgIpc) is 3.28. The molecule has 1 saturated heterocycles. The number of benzene rings is 1. The van der Waals surface area contributed by atoms with Crippen molar-refractivity contribution in [1.29, 1.82) is 0 Å². The van der Waals surface area contributed by atoms with E-state index >= 15 is 0 Å². The molecule has 0 radical (unpaired) electrons. The minimum absolute atomic E-state index is 0.0632. The molecule has 2 aliphatic rings. The van der Waals surface area contributed by atoms with E-state index in [1.54, 1.807) is 28.9 Å². The molecule has 3 aromatic heterocycles. The second-order valence-corrected chi connectivity index (χ2v) is 12.5. The zero-order valence-electron chi connectivity index (χ0n) is 23.9. The number of fused-ring (bicyclic) bond motifs is 2. The molecule has 1 aliphatic carbocycles. The Bertz CT molecular complexity index is 1860. The van der Waals surface area contributed by atoms with E-state index in [1.165, 1.54) is 13.0 Å². The molecular formula is C30H30BrN7O4. The van der Waals surface area contributed by atoms with Crippen molar-refractivity contribution >= 4 is 50.2 Å². The number of carbonyl (C=O) groups is 3. The lowest BCUT2D eigenvalue weighted by atomic mass is 10.0. The molecule has 2 N–H and O–H groups in total. The average molecular weight is 633 g/mol. The molecule has 1 aliphatic heterocycles. The van der Waals surface area contributed by atoms with Gasteiger partial charge in [0.05, 0.1) is 10.1 Å². The van der Waals surface area contributed by atoms with Crippen LogP contribution in [0.3, 0.4) is 0 Å². The van der Waals surface area contributed by atoms with Gasteiger partial charge in [0.25, 0.3) is 0 Å². The molecule has 0 bridgehead atoms. The number of Topliss-reactive ketones (excluding diaryl/α,β-unsaturated/α-hetero) is 1. The Balaban J connectivity index is 1.32. The molecule has 0 unspecified atom stereocenters. The van der Waals surface area contributed by atoms with E-state index in [0.29, 0.717) is 39.1 Å². The summed E-state index contributed by atoms with van der Waals surface area (Å²) in [7, 11) is 0. The van der Waals surface area contributed by atoms with Crippen LogP contribution in [0.15, 0.2) is 40.0 Å². The van der Waals surface area contributed by atoms with Gasteiger partial charge in [0, 0.05) is 47.9 Å². The Morgan fingerprint density at radius 1 is 1.10 bits per heavy atom. The predicted octanol–water partition coefficient (Wildman–Crippen LogP) is 4.09. The van der Waals surface area contributed by atoms with E-state index in [4.69, 9.17) is 0 Å². The monoisotopic (exact) mass is 631 g/mol. The molecule has 2 amide bonds. The smallest absolute Gasteiger partial charge is 0.248 e. The minimum atomic E-state index is -0.702. The Hall–Kier alpha value is -4.19. The highest BCUT2D eigenvalue weighted by Gasteiger charge is 2.64. The lowest BCUT2D eigenvalue weighted by Gasteiger charge is -2.27. The summed E-state index contributed by atoms with van der Waals surface area (Å²) in [5, 5.41) is 8.05. The lowest BCUT2D eigenvalue weighted by Crippen LogP contribution is -2.47. The molecule has 6 rings (SSSR count). The summed E-state index contributed by atoms with van der Waals surface area (Å²) in [5.74, 6) is 0.134. The first kappa shape index (κ1) is 28.0. The molecule has 4 heterocycles. The fraction of sp³-hybridized carbons (Fsp3) is 0.367. The summed E-state index contributed by atoms with van der Waals surface area (Å²) in [6.07, 6.45) is 4.81. The number of rotatable bonds is 6. The van der Waals surface area contributed by atoms with Gasteiger partial charge >= 0.3 is 0 Å². The van der Waals surface area contributed by atoms with E-state index in [1.807, 2.05) is 26.0 Å². The van der Waals surface area contributed by atoms with Gasteiger partial charge in [0.1, 0.15) is 29.9 Å². The maximum absolute atomic E-state index is 13.9. The number of aromatic nitrogens is 5. The highest BCUT2D eigenvalue weighted by molar-refractivity contribution is 9.10. The van der Waals surface area contributed by atoms with E-state index < -0.39 is 6.04 Å². The Kier molecular flexibility index (Phi) is 6.64. The summed E-state index contributed by atoms with van der Waals surface area (Å²) in [6.45, 7) is 8.77. The molecular weight excluding hydrogens is 602 g/mol. The first-order valence-corrected chi connectivity index (χ1v) is 14.5. The SMILES string of the molecule is CC(=O)c1nn(CC(=O)N2[C@H](C(=O)Nc3[nH]c(Br)cc(=O)c3C)C[C@@]3(C)C[C@@H]23)c2c(C)cc(-c3cnc(C)nc3)cc12. The zero-order valence-corrected chi connectivity index (χ0v) is 25.5. The second-order valence-electron chi connectivity index (χ2n) is 11.6. The topological polar surface area (TPSA) is 143 Å². The molecule has 11 nitrogen and oxygen atoms in total. The van der Waals surface area contributed by atoms with Crippen LogP contribution < -0.4 is 10.7 Å². The maximum atomic E-state index is 13.9. The third-order valence-corrected chi connectivity index (χ3v) is 8.92. The summed E-state index contributed by atoms with van der Waals surface area (Å²) < 4.78 is 2.02.